The molecule has 3 fully saturated rings. The molecule has 2 aliphatic heterocycles. The van der Waals surface area contributed by atoms with E-state index in [9.17, 15) is 4.79 Å². The van der Waals surface area contributed by atoms with Gasteiger partial charge in [-0.05, 0) is 75.2 Å². The van der Waals surface area contributed by atoms with Crippen LogP contribution in [0.5, 0.6) is 0 Å². The highest BCUT2D eigenvalue weighted by atomic mass is 35.5. The lowest BCUT2D eigenvalue weighted by Crippen LogP contribution is -2.59. The first-order valence-electron chi connectivity index (χ1n) is 9.59. The van der Waals surface area contributed by atoms with E-state index >= 15 is 0 Å². The van der Waals surface area contributed by atoms with E-state index in [1.165, 1.54) is 45.2 Å². The summed E-state index contributed by atoms with van der Waals surface area (Å²) in [6.07, 6.45) is 7.99. The van der Waals surface area contributed by atoms with Gasteiger partial charge >= 0.3 is 0 Å². The third-order valence-corrected chi connectivity index (χ3v) is 7.08. The molecule has 3 atom stereocenters. The summed E-state index contributed by atoms with van der Waals surface area (Å²) in [5, 5.41) is 1.07. The molecule has 2 saturated heterocycles. The average molecular weight is 381 g/mol. The van der Waals surface area contributed by atoms with Crippen LogP contribution in [0.3, 0.4) is 0 Å². The number of amides is 1. The maximum absolute atomic E-state index is 13.1. The number of carbonyl (C=O) groups excluding carboxylic acids is 1. The minimum atomic E-state index is 0.243. The van der Waals surface area contributed by atoms with Gasteiger partial charge in [0.2, 0.25) is 5.91 Å². The molecule has 1 amide bonds. The predicted octanol–water partition coefficient (Wildman–Crippen LogP) is 4.40. The molecule has 1 aliphatic carbocycles. The third-order valence-electron chi connectivity index (χ3n) is 6.34. The number of carbonyl (C=O) groups is 1. The zero-order chi connectivity index (χ0) is 17.4. The number of fused-ring (bicyclic) bond motifs is 2. The molecule has 4 rings (SSSR count). The third kappa shape index (κ3) is 3.70. The van der Waals surface area contributed by atoms with E-state index in [1.807, 2.05) is 12.1 Å². The van der Waals surface area contributed by atoms with Crippen LogP contribution < -0.4 is 0 Å². The van der Waals surface area contributed by atoms with Crippen LogP contribution in [0.25, 0.3) is 0 Å². The highest BCUT2D eigenvalue weighted by Gasteiger charge is 2.42. The molecule has 0 spiro atoms. The second-order valence-corrected chi connectivity index (χ2v) is 8.67. The van der Waals surface area contributed by atoms with Gasteiger partial charge in [-0.15, -0.1) is 0 Å². The van der Waals surface area contributed by atoms with E-state index in [-0.39, 0.29) is 5.91 Å². The van der Waals surface area contributed by atoms with E-state index in [0.717, 1.165) is 24.4 Å². The Bertz CT molecular complexity index is 645. The van der Waals surface area contributed by atoms with Gasteiger partial charge < -0.3 is 4.90 Å². The molecule has 5 heteroatoms. The summed E-state index contributed by atoms with van der Waals surface area (Å²) in [7, 11) is 0. The molecule has 1 aromatic rings. The van der Waals surface area contributed by atoms with E-state index in [4.69, 9.17) is 23.2 Å². The van der Waals surface area contributed by atoms with Crippen molar-refractivity contribution in [1.82, 2.24) is 9.80 Å². The van der Waals surface area contributed by atoms with Crippen LogP contribution in [0.15, 0.2) is 18.2 Å². The maximum Gasteiger partial charge on any atom is 0.227 e. The second kappa shape index (κ2) is 7.46. The van der Waals surface area contributed by atoms with Crippen molar-refractivity contribution >= 4 is 29.1 Å². The van der Waals surface area contributed by atoms with Crippen molar-refractivity contribution in [3.63, 3.8) is 0 Å². The van der Waals surface area contributed by atoms with Crippen LogP contribution >= 0.6 is 23.2 Å². The second-order valence-electron chi connectivity index (χ2n) is 7.86. The largest absolute Gasteiger partial charge is 0.338 e. The average Bonchev–Trinajstić information content (AvgIpc) is 3.13. The molecule has 25 heavy (non-hydrogen) atoms. The van der Waals surface area contributed by atoms with E-state index < -0.39 is 0 Å². The van der Waals surface area contributed by atoms with Crippen LogP contribution in [0, 0.1) is 5.92 Å². The number of benzene rings is 1. The smallest absolute Gasteiger partial charge is 0.227 e. The van der Waals surface area contributed by atoms with Gasteiger partial charge in [-0.25, -0.2) is 0 Å². The fourth-order valence-electron chi connectivity index (χ4n) is 5.03. The Morgan fingerprint density at radius 3 is 2.56 bits per heavy atom. The van der Waals surface area contributed by atoms with Gasteiger partial charge in [-0.3, -0.25) is 9.69 Å². The summed E-state index contributed by atoms with van der Waals surface area (Å²) in [6.45, 7) is 3.33. The summed E-state index contributed by atoms with van der Waals surface area (Å²) in [5.41, 5.74) is 0.954. The number of piperidine rings is 1. The molecular formula is C20H26Cl2N2O. The zero-order valence-electron chi connectivity index (χ0n) is 14.6. The first kappa shape index (κ1) is 17.6. The number of likely N-dealkylation sites (tertiary alicyclic amines) is 2. The lowest BCUT2D eigenvalue weighted by atomic mass is 9.76. The van der Waals surface area contributed by atoms with Crippen LogP contribution in [0.2, 0.25) is 10.0 Å². The Labute approximate surface area is 160 Å². The number of hydrogen-bond acceptors (Lipinski definition) is 2. The molecule has 0 N–H and O–H groups in total. The maximum atomic E-state index is 13.1. The lowest BCUT2D eigenvalue weighted by Gasteiger charge is -2.50. The van der Waals surface area contributed by atoms with Gasteiger partial charge in [-0.1, -0.05) is 29.3 Å². The van der Waals surface area contributed by atoms with Crippen molar-refractivity contribution < 1.29 is 4.79 Å². The quantitative estimate of drug-likeness (QED) is 0.775. The number of hydrogen-bond donors (Lipinski definition) is 0. The van der Waals surface area contributed by atoms with Gasteiger partial charge in [0.1, 0.15) is 0 Å². The van der Waals surface area contributed by atoms with Crippen LogP contribution in [-0.2, 0) is 11.2 Å². The SMILES string of the molecule is O=C(Cc1ccc(Cl)c(Cl)c1)N1CCC2CC[C@@H](N3CCCC3)C1C2. The molecule has 3 aliphatic rings. The molecule has 0 aromatic heterocycles. The Morgan fingerprint density at radius 1 is 1.00 bits per heavy atom. The first-order valence-corrected chi connectivity index (χ1v) is 10.3. The molecule has 2 bridgehead atoms. The molecule has 1 aromatic carbocycles. The summed E-state index contributed by atoms with van der Waals surface area (Å²) < 4.78 is 0. The standard InChI is InChI=1S/C20H26Cl2N2O/c21-16-5-3-15(11-17(16)22)13-20(25)24-10-7-14-4-6-18(19(24)12-14)23-8-1-2-9-23/h3,5,11,14,18-19H,1-2,4,6-10,12-13H2/t14?,18-,19?/m1/s1. The molecule has 3 nitrogen and oxygen atoms in total. The van der Waals surface area contributed by atoms with E-state index in [0.29, 0.717) is 28.5 Å². The molecule has 136 valence electrons. The van der Waals surface area contributed by atoms with Crippen LogP contribution in [-0.4, -0.2) is 47.4 Å². The van der Waals surface area contributed by atoms with Gasteiger partial charge in [0.15, 0.2) is 0 Å². The molecule has 0 radical (unpaired) electrons. The van der Waals surface area contributed by atoms with Crippen LogP contribution in [0.1, 0.15) is 44.1 Å². The Balaban J connectivity index is 1.49. The summed E-state index contributed by atoms with van der Waals surface area (Å²) >= 11 is 12.1. The van der Waals surface area contributed by atoms with Gasteiger partial charge in [0, 0.05) is 18.6 Å². The lowest BCUT2D eigenvalue weighted by molar-refractivity contribution is -0.138. The molecule has 2 unspecified atom stereocenters. The van der Waals surface area contributed by atoms with Crippen molar-refractivity contribution in [2.24, 2.45) is 5.92 Å². The Morgan fingerprint density at radius 2 is 1.80 bits per heavy atom. The normalized spacial score (nSPS) is 29.8. The van der Waals surface area contributed by atoms with Crippen molar-refractivity contribution in [3.8, 4) is 0 Å². The zero-order valence-corrected chi connectivity index (χ0v) is 16.1. The summed E-state index contributed by atoms with van der Waals surface area (Å²) in [5.74, 6) is 1.06. The van der Waals surface area contributed by atoms with Crippen molar-refractivity contribution in [2.75, 3.05) is 19.6 Å². The highest BCUT2D eigenvalue weighted by Crippen LogP contribution is 2.38. The van der Waals surface area contributed by atoms with E-state index in [1.54, 1.807) is 6.07 Å². The topological polar surface area (TPSA) is 23.6 Å². The Hall–Kier alpha value is -0.770. The number of nitrogens with zero attached hydrogens (tertiary/aromatic N) is 2. The minimum absolute atomic E-state index is 0.243. The van der Waals surface area contributed by atoms with Crippen molar-refractivity contribution in [2.45, 2.75) is 57.0 Å². The molecule has 1 saturated carbocycles. The van der Waals surface area contributed by atoms with E-state index in [2.05, 4.69) is 9.80 Å². The van der Waals surface area contributed by atoms with Gasteiger partial charge in [0.25, 0.3) is 0 Å². The summed E-state index contributed by atoms with van der Waals surface area (Å²) in [4.78, 5) is 17.9. The summed E-state index contributed by atoms with van der Waals surface area (Å²) in [6, 6.07) is 6.50. The highest BCUT2D eigenvalue weighted by molar-refractivity contribution is 6.42. The predicted molar refractivity (Wildman–Crippen MR) is 102 cm³/mol. The molecular weight excluding hydrogens is 355 g/mol. The first-order chi connectivity index (χ1) is 12.1. The van der Waals surface area contributed by atoms with Crippen molar-refractivity contribution in [3.05, 3.63) is 33.8 Å². The number of halogens is 2. The fourth-order valence-corrected chi connectivity index (χ4v) is 5.36. The monoisotopic (exact) mass is 380 g/mol. The van der Waals surface area contributed by atoms with Crippen LogP contribution in [0.4, 0.5) is 0 Å². The van der Waals surface area contributed by atoms with Crippen molar-refractivity contribution in [1.29, 1.82) is 0 Å². The fraction of sp³-hybridized carbons (Fsp3) is 0.650. The minimum Gasteiger partial charge on any atom is -0.338 e. The number of rotatable bonds is 3. The van der Waals surface area contributed by atoms with Gasteiger partial charge in [-0.2, -0.15) is 0 Å². The Kier molecular flexibility index (Phi) is 5.26. The van der Waals surface area contributed by atoms with Gasteiger partial charge in [0.05, 0.1) is 16.5 Å². The molecule has 2 heterocycles.